The maximum absolute atomic E-state index is 3.86. The molecule has 0 heterocycles. The van der Waals surface area contributed by atoms with Gasteiger partial charge in [-0.05, 0) is 34.7 Å². The molecule has 0 fully saturated rings. The van der Waals surface area contributed by atoms with Crippen molar-refractivity contribution in [2.45, 2.75) is 33.2 Å². The largest absolute Gasteiger partial charge is 0.106 e. The second kappa shape index (κ2) is 6.39. The fourth-order valence-electron chi connectivity index (χ4n) is 2.34. The van der Waals surface area contributed by atoms with Crippen molar-refractivity contribution in [2.24, 2.45) is 0 Å². The van der Waals surface area contributed by atoms with Gasteiger partial charge in [0.05, 0.1) is 0 Å². The summed E-state index contributed by atoms with van der Waals surface area (Å²) in [5, 5.41) is 2.53. The normalized spacial score (nSPS) is 12.9. The highest BCUT2D eigenvalue weighted by molar-refractivity contribution is 9.25. The minimum atomic E-state index is -0.224. The molecule has 0 spiro atoms. The molecule has 2 aromatic rings. The molecule has 4 heteroatoms. The van der Waals surface area contributed by atoms with Crippen LogP contribution in [-0.2, 0) is 6.47 Å². The summed E-state index contributed by atoms with van der Waals surface area (Å²) in [5.74, 6) is 0. The van der Waals surface area contributed by atoms with Crippen LogP contribution in [0.15, 0.2) is 36.4 Å². The van der Waals surface area contributed by atoms with Crippen LogP contribution in [0.1, 0.15) is 37.8 Å². The summed E-state index contributed by atoms with van der Waals surface area (Å²) in [6, 6.07) is 12.9. The first-order valence-electron chi connectivity index (χ1n) is 6.62. The van der Waals surface area contributed by atoms with Crippen LogP contribution in [-0.4, -0.2) is 0 Å². The summed E-state index contributed by atoms with van der Waals surface area (Å²) in [6.45, 7) is 4.34. The van der Waals surface area contributed by atoms with Gasteiger partial charge in [0.1, 0.15) is 6.47 Å². The Labute approximate surface area is 154 Å². The predicted molar refractivity (Wildman–Crippen MR) is 104 cm³/mol. The summed E-state index contributed by atoms with van der Waals surface area (Å²) in [6.07, 6.45) is 1.91. The average molecular weight is 528 g/mol. The van der Waals surface area contributed by atoms with Gasteiger partial charge in [-0.2, -0.15) is 0 Å². The number of hydrogen-bond acceptors (Lipinski definition) is 0. The van der Waals surface area contributed by atoms with E-state index in [0.717, 1.165) is 12.8 Å². The van der Waals surface area contributed by atoms with Crippen LogP contribution in [0.2, 0.25) is 0 Å². The van der Waals surface area contributed by atoms with E-state index in [2.05, 4.69) is 114 Å². The third-order valence-corrected chi connectivity index (χ3v) is 7.47. The Morgan fingerprint density at radius 2 is 1.40 bits per heavy atom. The lowest BCUT2D eigenvalue weighted by molar-refractivity contribution is 0.808. The molecule has 20 heavy (non-hydrogen) atoms. The number of rotatable bonds is 4. The van der Waals surface area contributed by atoms with Crippen LogP contribution in [0.5, 0.6) is 0 Å². The lowest BCUT2D eigenvalue weighted by atomic mass is 9.93. The minimum absolute atomic E-state index is 0.207. The monoisotopic (exact) mass is 524 g/mol. The molecule has 0 aliphatic carbocycles. The molecule has 2 aromatic carbocycles. The molecule has 108 valence electrons. The van der Waals surface area contributed by atoms with Crippen molar-refractivity contribution in [3.05, 3.63) is 47.5 Å². The van der Waals surface area contributed by atoms with E-state index in [9.17, 15) is 0 Å². The molecule has 0 saturated carbocycles. The molecule has 0 aromatic heterocycles. The molecule has 0 aliphatic heterocycles. The Kier molecular flexibility index (Phi) is 5.43. The molecule has 0 atom stereocenters. The molecule has 0 bridgehead atoms. The van der Waals surface area contributed by atoms with Crippen molar-refractivity contribution in [2.75, 3.05) is 0 Å². The van der Waals surface area contributed by atoms with Crippen LogP contribution in [0.25, 0.3) is 10.8 Å². The molecular formula is C16H16Br4. The van der Waals surface area contributed by atoms with E-state index in [1.807, 2.05) is 0 Å². The maximum atomic E-state index is 3.86. The van der Waals surface area contributed by atoms with Gasteiger partial charge < -0.3 is 0 Å². The van der Waals surface area contributed by atoms with E-state index in [1.165, 1.54) is 21.9 Å². The zero-order chi connectivity index (χ0) is 15.0. The molecule has 0 nitrogen and oxygen atoms in total. The SMILES string of the molecule is CCC(Br)(Br)c1ccc2ccccc2c1C(Br)(Br)CC. The molecule has 0 unspecified atom stereocenters. The predicted octanol–water partition coefficient (Wildman–Crippen LogP) is 7.55. The van der Waals surface area contributed by atoms with Gasteiger partial charge >= 0.3 is 0 Å². The Morgan fingerprint density at radius 1 is 0.800 bits per heavy atom. The van der Waals surface area contributed by atoms with Crippen LogP contribution >= 0.6 is 63.7 Å². The van der Waals surface area contributed by atoms with Crippen LogP contribution in [0, 0.1) is 0 Å². The molecule has 0 amide bonds. The molecule has 0 aliphatic rings. The Morgan fingerprint density at radius 3 is 2.00 bits per heavy atom. The molecular weight excluding hydrogens is 512 g/mol. The van der Waals surface area contributed by atoms with Gasteiger partial charge in [-0.3, -0.25) is 0 Å². The first-order chi connectivity index (χ1) is 9.33. The summed E-state index contributed by atoms with van der Waals surface area (Å²) in [5.41, 5.74) is 2.54. The third-order valence-electron chi connectivity index (χ3n) is 3.58. The van der Waals surface area contributed by atoms with Crippen molar-refractivity contribution in [1.82, 2.24) is 0 Å². The topological polar surface area (TPSA) is 0 Å². The lowest BCUT2D eigenvalue weighted by Crippen LogP contribution is -2.18. The summed E-state index contributed by atoms with van der Waals surface area (Å²) >= 11 is 15.4. The second-order valence-electron chi connectivity index (χ2n) is 4.83. The van der Waals surface area contributed by atoms with Crippen molar-refractivity contribution < 1.29 is 0 Å². The van der Waals surface area contributed by atoms with Gasteiger partial charge in [0.25, 0.3) is 0 Å². The number of alkyl halides is 4. The Balaban J connectivity index is 2.86. The fraction of sp³-hybridized carbons (Fsp3) is 0.375. The lowest BCUT2D eigenvalue weighted by Gasteiger charge is -2.30. The van der Waals surface area contributed by atoms with Gasteiger partial charge in [0, 0.05) is 0 Å². The van der Waals surface area contributed by atoms with Crippen molar-refractivity contribution in [3.8, 4) is 0 Å². The summed E-state index contributed by atoms with van der Waals surface area (Å²) in [7, 11) is 0. The van der Waals surface area contributed by atoms with Gasteiger partial charge in [-0.1, -0.05) is 114 Å². The number of fused-ring (bicyclic) bond motifs is 1. The summed E-state index contributed by atoms with van der Waals surface area (Å²) < 4.78 is -0.431. The third kappa shape index (κ3) is 3.18. The van der Waals surface area contributed by atoms with Crippen molar-refractivity contribution in [3.63, 3.8) is 0 Å². The molecule has 0 saturated heterocycles. The number of hydrogen-bond donors (Lipinski definition) is 0. The molecule has 2 rings (SSSR count). The Hall–Kier alpha value is 0.620. The number of benzene rings is 2. The maximum Gasteiger partial charge on any atom is 0.106 e. The average Bonchev–Trinajstić information content (AvgIpc) is 2.45. The van der Waals surface area contributed by atoms with E-state index in [0.29, 0.717) is 0 Å². The van der Waals surface area contributed by atoms with Crippen molar-refractivity contribution in [1.29, 1.82) is 0 Å². The van der Waals surface area contributed by atoms with Gasteiger partial charge in [-0.15, -0.1) is 0 Å². The standard InChI is InChI=1S/C16H16Br4/c1-3-15(17,18)13-10-9-11-7-5-6-8-12(11)14(13)16(19,20)4-2/h5-10H,3-4H2,1-2H3. The van der Waals surface area contributed by atoms with E-state index in [4.69, 9.17) is 0 Å². The van der Waals surface area contributed by atoms with Crippen LogP contribution in [0.4, 0.5) is 0 Å². The van der Waals surface area contributed by atoms with Crippen molar-refractivity contribution >= 4 is 74.5 Å². The highest BCUT2D eigenvalue weighted by Gasteiger charge is 2.35. The highest BCUT2D eigenvalue weighted by atomic mass is 79.9. The molecule has 0 radical (unpaired) electrons. The fourth-order valence-corrected chi connectivity index (χ4v) is 3.85. The zero-order valence-electron chi connectivity index (χ0n) is 11.4. The van der Waals surface area contributed by atoms with Gasteiger partial charge in [0.2, 0.25) is 0 Å². The van der Waals surface area contributed by atoms with E-state index in [1.54, 1.807) is 0 Å². The smallest absolute Gasteiger partial charge is 0.0674 e. The van der Waals surface area contributed by atoms with E-state index < -0.39 is 0 Å². The zero-order valence-corrected chi connectivity index (χ0v) is 17.7. The quantitative estimate of drug-likeness (QED) is 0.360. The minimum Gasteiger partial charge on any atom is -0.0674 e. The van der Waals surface area contributed by atoms with Gasteiger partial charge in [0.15, 0.2) is 0 Å². The number of halogens is 4. The van der Waals surface area contributed by atoms with Gasteiger partial charge in [-0.25, -0.2) is 0 Å². The summed E-state index contributed by atoms with van der Waals surface area (Å²) in [4.78, 5) is 0. The highest BCUT2D eigenvalue weighted by Crippen LogP contribution is 2.52. The van der Waals surface area contributed by atoms with Crippen LogP contribution in [0.3, 0.4) is 0 Å². The Bertz CT molecular complexity index is 617. The van der Waals surface area contributed by atoms with E-state index in [-0.39, 0.29) is 6.47 Å². The molecule has 0 N–H and O–H groups in total. The second-order valence-corrected chi connectivity index (χ2v) is 12.4. The first kappa shape index (κ1) is 17.0. The van der Waals surface area contributed by atoms with Crippen LogP contribution < -0.4 is 0 Å². The first-order valence-corrected chi connectivity index (χ1v) is 9.79. The van der Waals surface area contributed by atoms with E-state index >= 15 is 0 Å².